The summed E-state index contributed by atoms with van der Waals surface area (Å²) in [6, 6.07) is 8.51. The molecule has 0 bridgehead atoms. The number of nitrogens with one attached hydrogen (secondary N) is 1. The maximum absolute atomic E-state index is 13.1. The van der Waals surface area contributed by atoms with Gasteiger partial charge < -0.3 is 10.2 Å². The highest BCUT2D eigenvalue weighted by atomic mass is 32.1. The topological polar surface area (TPSA) is 64.8 Å². The second-order valence-electron chi connectivity index (χ2n) is 11.3. The van der Waals surface area contributed by atoms with Gasteiger partial charge in [-0.05, 0) is 53.2 Å². The van der Waals surface area contributed by atoms with Crippen LogP contribution in [0.2, 0.25) is 0 Å². The Labute approximate surface area is 230 Å². The van der Waals surface area contributed by atoms with Crippen LogP contribution in [0.15, 0.2) is 30.1 Å². The van der Waals surface area contributed by atoms with Gasteiger partial charge in [-0.2, -0.15) is 18.4 Å². The van der Waals surface area contributed by atoms with E-state index in [-0.39, 0.29) is 10.9 Å². The Balaban J connectivity index is 1.25. The molecule has 2 fully saturated rings. The zero-order valence-corrected chi connectivity index (χ0v) is 22.8. The minimum atomic E-state index is -4.25. The number of halogens is 3. The molecular weight excluding hydrogens is 519 g/mol. The van der Waals surface area contributed by atoms with Gasteiger partial charge in [-0.1, -0.05) is 44.2 Å². The summed E-state index contributed by atoms with van der Waals surface area (Å²) in [7, 11) is 0. The van der Waals surface area contributed by atoms with Gasteiger partial charge in [0, 0.05) is 42.5 Å². The van der Waals surface area contributed by atoms with Crippen molar-refractivity contribution in [1.82, 2.24) is 15.3 Å². The zero-order chi connectivity index (χ0) is 27.1. The highest BCUT2D eigenvalue weighted by Crippen LogP contribution is 2.40. The van der Waals surface area contributed by atoms with Crippen LogP contribution in [-0.2, 0) is 19.4 Å². The second-order valence-corrected chi connectivity index (χ2v) is 12.4. The molecule has 1 aliphatic heterocycles. The molecule has 6 rings (SSSR count). The number of alkyl halides is 3. The standard InChI is InChI=1S/C30H32F3N5S/c1-18-22(8-7-21-9-19(13-34)10-24(18)21)14-35-27-16-38(15-26(27)20-5-3-2-4-6-20)28-25-11-23(12-30(31,32)33)39-29(25)37-17-36-28/h7-8,10-11,17,20,26-27,35H,2-6,9,12,14-16H2,1H3. The van der Waals surface area contributed by atoms with Gasteiger partial charge in [0.25, 0.3) is 0 Å². The summed E-state index contributed by atoms with van der Waals surface area (Å²) in [4.78, 5) is 12.0. The van der Waals surface area contributed by atoms with E-state index in [9.17, 15) is 18.4 Å². The average molecular weight is 552 g/mol. The largest absolute Gasteiger partial charge is 0.393 e. The maximum Gasteiger partial charge on any atom is 0.393 e. The Hall–Kier alpha value is -2.96. The van der Waals surface area contributed by atoms with Crippen LogP contribution in [-0.4, -0.2) is 35.3 Å². The molecule has 0 radical (unpaired) electrons. The predicted octanol–water partition coefficient (Wildman–Crippen LogP) is 6.74. The first-order chi connectivity index (χ1) is 18.8. The van der Waals surface area contributed by atoms with Crippen molar-refractivity contribution in [3.63, 3.8) is 0 Å². The van der Waals surface area contributed by atoms with Crippen LogP contribution in [0.5, 0.6) is 0 Å². The number of anilines is 1. The number of allylic oxidation sites excluding steroid dienone is 1. The number of nitriles is 1. The Morgan fingerprint density at radius 2 is 1.97 bits per heavy atom. The molecule has 39 heavy (non-hydrogen) atoms. The lowest BCUT2D eigenvalue weighted by atomic mass is 9.78. The lowest BCUT2D eigenvalue weighted by molar-refractivity contribution is -0.126. The van der Waals surface area contributed by atoms with Crippen molar-refractivity contribution in [3.8, 4) is 6.07 Å². The first-order valence-electron chi connectivity index (χ1n) is 13.8. The predicted molar refractivity (Wildman–Crippen MR) is 149 cm³/mol. The molecule has 3 aromatic rings. The summed E-state index contributed by atoms with van der Waals surface area (Å²) in [6.07, 6.45) is 5.29. The average Bonchev–Trinajstić information content (AvgIpc) is 3.64. The van der Waals surface area contributed by atoms with Gasteiger partial charge in [0.15, 0.2) is 0 Å². The summed E-state index contributed by atoms with van der Waals surface area (Å²) < 4.78 is 39.2. The highest BCUT2D eigenvalue weighted by molar-refractivity contribution is 7.18. The van der Waals surface area contributed by atoms with Crippen molar-refractivity contribution in [2.45, 2.75) is 70.6 Å². The summed E-state index contributed by atoms with van der Waals surface area (Å²) >= 11 is 1.11. The van der Waals surface area contributed by atoms with E-state index in [1.165, 1.54) is 60.7 Å². The van der Waals surface area contributed by atoms with Crippen molar-refractivity contribution in [2.24, 2.45) is 11.8 Å². The molecule has 2 aliphatic carbocycles. The van der Waals surface area contributed by atoms with Gasteiger partial charge in [-0.25, -0.2) is 9.97 Å². The summed E-state index contributed by atoms with van der Waals surface area (Å²) in [5, 5.41) is 13.9. The number of fused-ring (bicyclic) bond motifs is 2. The van der Waals surface area contributed by atoms with E-state index in [0.717, 1.165) is 47.7 Å². The Bertz CT molecular complexity index is 1450. The highest BCUT2D eigenvalue weighted by Gasteiger charge is 2.39. The third-order valence-corrected chi connectivity index (χ3v) is 9.81. The van der Waals surface area contributed by atoms with Crippen LogP contribution in [0.4, 0.5) is 19.0 Å². The number of benzene rings is 1. The third-order valence-electron chi connectivity index (χ3n) is 8.77. The van der Waals surface area contributed by atoms with E-state index in [4.69, 9.17) is 0 Å². The quantitative estimate of drug-likeness (QED) is 0.368. The second kappa shape index (κ2) is 10.5. The molecule has 3 heterocycles. The number of hydrogen-bond donors (Lipinski definition) is 1. The molecule has 3 aliphatic rings. The molecule has 0 spiro atoms. The Kier molecular flexibility index (Phi) is 7.11. The zero-order valence-electron chi connectivity index (χ0n) is 22.0. The molecule has 0 amide bonds. The molecule has 1 saturated carbocycles. The normalized spacial score (nSPS) is 21.8. The lowest BCUT2D eigenvalue weighted by Crippen LogP contribution is -2.39. The van der Waals surface area contributed by atoms with E-state index in [1.807, 2.05) is 6.08 Å². The van der Waals surface area contributed by atoms with Crippen LogP contribution >= 0.6 is 11.3 Å². The van der Waals surface area contributed by atoms with Gasteiger partial charge in [-0.3, -0.25) is 0 Å². The molecule has 9 heteroatoms. The maximum atomic E-state index is 13.1. The van der Waals surface area contributed by atoms with Gasteiger partial charge in [0.1, 0.15) is 17.0 Å². The molecule has 1 saturated heterocycles. The Morgan fingerprint density at radius 3 is 2.74 bits per heavy atom. The summed E-state index contributed by atoms with van der Waals surface area (Å²) in [5.74, 6) is 1.82. The molecule has 2 aromatic heterocycles. The van der Waals surface area contributed by atoms with E-state index in [0.29, 0.717) is 23.1 Å². The molecule has 1 N–H and O–H groups in total. The first-order valence-corrected chi connectivity index (χ1v) is 14.6. The van der Waals surface area contributed by atoms with E-state index < -0.39 is 12.6 Å². The van der Waals surface area contributed by atoms with Crippen LogP contribution < -0.4 is 10.2 Å². The van der Waals surface area contributed by atoms with Crippen molar-refractivity contribution < 1.29 is 13.2 Å². The fourth-order valence-electron chi connectivity index (χ4n) is 6.81. The molecule has 2 atom stereocenters. The fraction of sp³-hybridized carbons (Fsp3) is 0.500. The van der Waals surface area contributed by atoms with Gasteiger partial charge in [0.05, 0.1) is 17.9 Å². The van der Waals surface area contributed by atoms with Crippen molar-refractivity contribution >= 4 is 33.4 Å². The monoisotopic (exact) mass is 551 g/mol. The smallest absolute Gasteiger partial charge is 0.354 e. The van der Waals surface area contributed by atoms with Crippen LogP contribution in [0, 0.1) is 30.1 Å². The van der Waals surface area contributed by atoms with Crippen molar-refractivity contribution in [1.29, 1.82) is 5.26 Å². The Morgan fingerprint density at radius 1 is 1.15 bits per heavy atom. The fourth-order valence-corrected chi connectivity index (χ4v) is 7.83. The lowest BCUT2D eigenvalue weighted by Gasteiger charge is -2.31. The number of rotatable bonds is 6. The number of hydrogen-bond acceptors (Lipinski definition) is 6. The SMILES string of the molecule is Cc1c(CNC2CN(c3ncnc4sc(CC(F)(F)F)cc34)CC2C2CCCCC2)ccc2c1C=C(C#N)C2. The van der Waals surface area contributed by atoms with Crippen LogP contribution in [0.1, 0.15) is 59.2 Å². The molecule has 1 aromatic carbocycles. The minimum Gasteiger partial charge on any atom is -0.354 e. The van der Waals surface area contributed by atoms with E-state index in [2.05, 4.69) is 45.3 Å². The molecule has 2 unspecified atom stereocenters. The molecule has 5 nitrogen and oxygen atoms in total. The van der Waals surface area contributed by atoms with Gasteiger partial charge in [0.2, 0.25) is 0 Å². The number of thiophene rings is 1. The minimum absolute atomic E-state index is 0.254. The molecule has 204 valence electrons. The number of nitrogens with zero attached hydrogens (tertiary/aromatic N) is 4. The summed E-state index contributed by atoms with van der Waals surface area (Å²) in [6.45, 7) is 4.49. The van der Waals surface area contributed by atoms with E-state index >= 15 is 0 Å². The molecular formula is C30H32F3N5S. The van der Waals surface area contributed by atoms with E-state index in [1.54, 1.807) is 6.07 Å². The van der Waals surface area contributed by atoms with Crippen LogP contribution in [0.3, 0.4) is 0 Å². The number of aromatic nitrogens is 2. The van der Waals surface area contributed by atoms with Gasteiger partial charge in [-0.15, -0.1) is 11.3 Å². The van der Waals surface area contributed by atoms with Gasteiger partial charge >= 0.3 is 6.18 Å². The van der Waals surface area contributed by atoms with Crippen molar-refractivity contribution in [3.05, 3.63) is 57.2 Å². The first kappa shape index (κ1) is 26.3. The van der Waals surface area contributed by atoms with Crippen molar-refractivity contribution in [2.75, 3.05) is 18.0 Å². The summed E-state index contributed by atoms with van der Waals surface area (Å²) in [5.41, 5.74) is 5.67. The third kappa shape index (κ3) is 5.42. The van der Waals surface area contributed by atoms with Crippen LogP contribution in [0.25, 0.3) is 16.3 Å².